The van der Waals surface area contributed by atoms with E-state index in [1.54, 1.807) is 0 Å². The van der Waals surface area contributed by atoms with Crippen molar-refractivity contribution in [3.8, 4) is 22.5 Å². The van der Waals surface area contributed by atoms with Crippen LogP contribution in [0.25, 0.3) is 44.5 Å². The van der Waals surface area contributed by atoms with Gasteiger partial charge < -0.3 is 14.5 Å². The third kappa shape index (κ3) is 4.63. The molecule has 1 saturated heterocycles. The summed E-state index contributed by atoms with van der Waals surface area (Å²) in [7, 11) is 2.24. The monoisotopic (exact) mass is 462 g/mol. The fraction of sp³-hybridized carbons (Fsp3) is 0.323. The number of imidazole rings is 1. The Morgan fingerprint density at radius 1 is 0.886 bits per heavy atom. The SMILES string of the molecule is CN1CCC(CCCCn2ccc3c(-c4nc5ccc(-c6ccccc6)cc5[nH]4)cccc32)CC1. The Balaban J connectivity index is 1.19. The highest BCUT2D eigenvalue weighted by Crippen LogP contribution is 2.31. The minimum Gasteiger partial charge on any atom is -0.347 e. The maximum Gasteiger partial charge on any atom is 0.139 e. The summed E-state index contributed by atoms with van der Waals surface area (Å²) in [5, 5.41) is 1.27. The summed E-state index contributed by atoms with van der Waals surface area (Å²) in [5.74, 6) is 1.87. The van der Waals surface area contributed by atoms with Gasteiger partial charge in [-0.3, -0.25) is 0 Å². The van der Waals surface area contributed by atoms with Crippen LogP contribution in [0, 0.1) is 5.92 Å². The van der Waals surface area contributed by atoms with E-state index in [0.717, 1.165) is 29.3 Å². The second-order valence-electron chi connectivity index (χ2n) is 10.2. The number of piperidine rings is 1. The average molecular weight is 463 g/mol. The van der Waals surface area contributed by atoms with Gasteiger partial charge in [-0.15, -0.1) is 0 Å². The highest BCUT2D eigenvalue weighted by Gasteiger charge is 2.16. The number of aryl methyl sites for hydroxylation is 1. The van der Waals surface area contributed by atoms with Crippen LogP contribution in [0.2, 0.25) is 0 Å². The van der Waals surface area contributed by atoms with Crippen LogP contribution in [0.3, 0.4) is 0 Å². The predicted molar refractivity (Wildman–Crippen MR) is 147 cm³/mol. The minimum absolute atomic E-state index is 0.926. The highest BCUT2D eigenvalue weighted by atomic mass is 15.1. The number of unbranched alkanes of at least 4 members (excludes halogenated alkanes) is 1. The molecule has 1 N–H and O–H groups in total. The van der Waals surface area contributed by atoms with Crippen molar-refractivity contribution in [3.63, 3.8) is 0 Å². The van der Waals surface area contributed by atoms with Crippen molar-refractivity contribution >= 4 is 21.9 Å². The molecule has 0 unspecified atom stereocenters. The van der Waals surface area contributed by atoms with Gasteiger partial charge in [0.15, 0.2) is 0 Å². The minimum atomic E-state index is 0.926. The molecule has 0 saturated carbocycles. The first-order valence-corrected chi connectivity index (χ1v) is 13.1. The summed E-state index contributed by atoms with van der Waals surface area (Å²) in [4.78, 5) is 11.0. The van der Waals surface area contributed by atoms with Gasteiger partial charge in [0.05, 0.1) is 11.0 Å². The number of H-pyrrole nitrogens is 1. The Morgan fingerprint density at radius 3 is 2.60 bits per heavy atom. The molecule has 4 nitrogen and oxygen atoms in total. The molecule has 0 bridgehead atoms. The van der Waals surface area contributed by atoms with Gasteiger partial charge in [0.2, 0.25) is 0 Å². The zero-order valence-electron chi connectivity index (χ0n) is 20.6. The molecule has 5 aromatic rings. The molecule has 0 atom stereocenters. The van der Waals surface area contributed by atoms with Crippen LogP contribution in [0.1, 0.15) is 32.1 Å². The van der Waals surface area contributed by atoms with Crippen molar-refractivity contribution in [3.05, 3.63) is 79.0 Å². The number of likely N-dealkylation sites (tertiary alicyclic amines) is 1. The molecule has 3 aromatic carbocycles. The van der Waals surface area contributed by atoms with Crippen LogP contribution in [0.4, 0.5) is 0 Å². The molecule has 1 fully saturated rings. The number of hydrogen-bond donors (Lipinski definition) is 1. The second-order valence-corrected chi connectivity index (χ2v) is 10.2. The molecule has 6 rings (SSSR count). The van der Waals surface area contributed by atoms with Gasteiger partial charge in [0.25, 0.3) is 0 Å². The first-order valence-electron chi connectivity index (χ1n) is 13.1. The molecule has 35 heavy (non-hydrogen) atoms. The van der Waals surface area contributed by atoms with Crippen LogP contribution < -0.4 is 0 Å². The van der Waals surface area contributed by atoms with Crippen molar-refractivity contribution < 1.29 is 0 Å². The Labute approximate surface area is 207 Å². The highest BCUT2D eigenvalue weighted by molar-refractivity contribution is 5.96. The molecule has 1 aliphatic heterocycles. The number of benzene rings is 3. The number of nitrogens with zero attached hydrogens (tertiary/aromatic N) is 3. The summed E-state index contributed by atoms with van der Waals surface area (Å²) in [6.07, 6.45) is 8.93. The Kier molecular flexibility index (Phi) is 6.13. The van der Waals surface area contributed by atoms with Gasteiger partial charge in [-0.2, -0.15) is 0 Å². The molecule has 3 heterocycles. The lowest BCUT2D eigenvalue weighted by Crippen LogP contribution is -2.30. The standard InChI is InChI=1S/C31H34N4/c1-34-19-15-23(16-20-34)8-5-6-18-35-21-17-26-27(11-7-12-30(26)35)31-32-28-14-13-25(22-29(28)33-31)24-9-3-2-4-10-24/h2-4,7,9-14,17,21-23H,5-6,8,15-16,18-20H2,1H3,(H,32,33). The predicted octanol–water partition coefficient (Wildman–Crippen LogP) is 7.36. The number of rotatable bonds is 7. The van der Waals surface area contributed by atoms with Crippen LogP contribution in [0.5, 0.6) is 0 Å². The molecule has 0 aliphatic carbocycles. The van der Waals surface area contributed by atoms with Gasteiger partial charge in [0.1, 0.15) is 5.82 Å². The van der Waals surface area contributed by atoms with Gasteiger partial charge in [0, 0.05) is 29.2 Å². The first kappa shape index (κ1) is 22.1. The van der Waals surface area contributed by atoms with Crippen LogP contribution in [0.15, 0.2) is 79.0 Å². The number of hydrogen-bond acceptors (Lipinski definition) is 2. The van der Waals surface area contributed by atoms with E-state index in [9.17, 15) is 0 Å². The van der Waals surface area contributed by atoms with Crippen molar-refractivity contribution in [2.24, 2.45) is 5.92 Å². The van der Waals surface area contributed by atoms with Crippen molar-refractivity contribution in [1.82, 2.24) is 19.4 Å². The topological polar surface area (TPSA) is 36.9 Å². The summed E-state index contributed by atoms with van der Waals surface area (Å²) in [6.45, 7) is 3.62. The van der Waals surface area contributed by atoms with E-state index in [1.165, 1.54) is 72.8 Å². The van der Waals surface area contributed by atoms with Crippen LogP contribution >= 0.6 is 0 Å². The zero-order valence-corrected chi connectivity index (χ0v) is 20.6. The molecular formula is C31H34N4. The van der Waals surface area contributed by atoms with Gasteiger partial charge in [-0.05, 0) is 80.7 Å². The number of nitrogens with one attached hydrogen (secondary N) is 1. The van der Waals surface area contributed by atoms with E-state index in [1.807, 2.05) is 0 Å². The summed E-state index contributed by atoms with van der Waals surface area (Å²) >= 11 is 0. The molecule has 0 spiro atoms. The normalized spacial score (nSPS) is 15.3. The lowest BCUT2D eigenvalue weighted by molar-refractivity contribution is 0.209. The molecule has 0 amide bonds. The van der Waals surface area contributed by atoms with Crippen LogP contribution in [-0.4, -0.2) is 39.6 Å². The maximum absolute atomic E-state index is 4.94. The smallest absolute Gasteiger partial charge is 0.139 e. The largest absolute Gasteiger partial charge is 0.347 e. The molecular weight excluding hydrogens is 428 g/mol. The number of fused-ring (bicyclic) bond motifs is 2. The fourth-order valence-electron chi connectivity index (χ4n) is 5.64. The fourth-order valence-corrected chi connectivity index (χ4v) is 5.64. The zero-order chi connectivity index (χ0) is 23.6. The van der Waals surface area contributed by atoms with Crippen molar-refractivity contribution in [1.29, 1.82) is 0 Å². The van der Waals surface area contributed by atoms with Gasteiger partial charge >= 0.3 is 0 Å². The molecule has 1 aliphatic rings. The Bertz CT molecular complexity index is 1420. The molecule has 178 valence electrons. The van der Waals surface area contributed by atoms with E-state index < -0.39 is 0 Å². The maximum atomic E-state index is 4.94. The molecule has 4 heteroatoms. The second kappa shape index (κ2) is 9.71. The van der Waals surface area contributed by atoms with E-state index in [-0.39, 0.29) is 0 Å². The number of aromatic amines is 1. The van der Waals surface area contributed by atoms with E-state index in [0.29, 0.717) is 0 Å². The first-order chi connectivity index (χ1) is 17.2. The molecule has 2 aromatic heterocycles. The van der Waals surface area contributed by atoms with Gasteiger partial charge in [-0.25, -0.2) is 4.98 Å². The summed E-state index contributed by atoms with van der Waals surface area (Å²) in [5.41, 5.74) is 6.98. The van der Waals surface area contributed by atoms with Gasteiger partial charge in [-0.1, -0.05) is 61.4 Å². The molecule has 0 radical (unpaired) electrons. The summed E-state index contributed by atoms with van der Waals surface area (Å²) < 4.78 is 2.42. The number of aromatic nitrogens is 3. The third-order valence-corrected chi connectivity index (χ3v) is 7.76. The Morgan fingerprint density at radius 2 is 1.74 bits per heavy atom. The summed E-state index contributed by atoms with van der Waals surface area (Å²) in [6, 6.07) is 25.8. The van der Waals surface area contributed by atoms with Crippen molar-refractivity contribution in [2.45, 2.75) is 38.6 Å². The quantitative estimate of drug-likeness (QED) is 0.256. The third-order valence-electron chi connectivity index (χ3n) is 7.76. The average Bonchev–Trinajstić information content (AvgIpc) is 3.52. The van der Waals surface area contributed by atoms with Crippen LogP contribution in [-0.2, 0) is 6.54 Å². The lowest BCUT2D eigenvalue weighted by atomic mass is 9.92. The lowest BCUT2D eigenvalue weighted by Gasteiger charge is -2.28. The Hall–Kier alpha value is -3.37. The van der Waals surface area contributed by atoms with E-state index in [2.05, 4.69) is 100 Å². The van der Waals surface area contributed by atoms with E-state index in [4.69, 9.17) is 4.98 Å². The van der Waals surface area contributed by atoms with Crippen molar-refractivity contribution in [2.75, 3.05) is 20.1 Å². The van der Waals surface area contributed by atoms with E-state index >= 15 is 0 Å².